The molecule has 14 heteroatoms. The maximum Gasteiger partial charge on any atom is 0.329 e. The second-order valence-corrected chi connectivity index (χ2v) is 21.1. The molecule has 8 atom stereocenters. The average Bonchev–Trinajstić information content (AvgIpc) is 3.26. The largest absolute Gasteiger partial charge is 0.460 e. The predicted octanol–water partition coefficient (Wildman–Crippen LogP) is 7.74. The minimum atomic E-state index is -1.32. The Morgan fingerprint density at radius 2 is 0.812 bits per heavy atom. The molecule has 2 amide bonds. The van der Waals surface area contributed by atoms with Crippen molar-refractivity contribution in [3.05, 3.63) is 83.1 Å². The second kappa shape index (κ2) is 26.7. The first-order valence-corrected chi connectivity index (χ1v) is 24.8. The molecule has 3 rings (SSSR count). The molecule has 0 aromatic heterocycles. The van der Waals surface area contributed by atoms with Crippen LogP contribution in [0, 0.1) is 37.5 Å². The van der Waals surface area contributed by atoms with Crippen molar-refractivity contribution in [2.24, 2.45) is 23.7 Å². The van der Waals surface area contributed by atoms with Crippen LogP contribution in [-0.2, 0) is 60.6 Å². The lowest BCUT2D eigenvalue weighted by Crippen LogP contribution is -2.53. The Morgan fingerprint density at radius 1 is 0.493 bits per heavy atom. The number of aryl methyl sites for hydroxylation is 2. The summed E-state index contributed by atoms with van der Waals surface area (Å²) >= 11 is 0. The topological polar surface area (TPSA) is 152 Å². The van der Waals surface area contributed by atoms with E-state index in [0.29, 0.717) is 12.8 Å². The van der Waals surface area contributed by atoms with Gasteiger partial charge in [0.05, 0.1) is 0 Å². The highest BCUT2D eigenvalue weighted by Gasteiger charge is 2.41. The summed E-state index contributed by atoms with van der Waals surface area (Å²) < 4.78 is 24.7. The molecule has 0 aliphatic carbocycles. The van der Waals surface area contributed by atoms with E-state index in [-0.39, 0.29) is 61.6 Å². The van der Waals surface area contributed by atoms with Gasteiger partial charge in [-0.3, -0.25) is 19.3 Å². The highest BCUT2D eigenvalue weighted by molar-refractivity contribution is 5.90. The molecular formula is C55H84N4O10. The first kappa shape index (κ1) is 58.1. The molecule has 1 fully saturated rings. The molecular weight excluding hydrogens is 877 g/mol. The summed E-state index contributed by atoms with van der Waals surface area (Å²) in [6, 6.07) is 11.3. The maximum atomic E-state index is 14.8. The van der Waals surface area contributed by atoms with Gasteiger partial charge in [-0.25, -0.2) is 14.4 Å². The average molecular weight is 961 g/mol. The van der Waals surface area contributed by atoms with Crippen molar-refractivity contribution in [3.63, 3.8) is 0 Å². The van der Waals surface area contributed by atoms with Crippen LogP contribution in [-0.4, -0.2) is 139 Å². The fourth-order valence-corrected chi connectivity index (χ4v) is 8.57. The number of carbonyl (C=O) groups is 6. The summed E-state index contributed by atoms with van der Waals surface area (Å²) in [5, 5.41) is 0. The number of likely N-dealkylation sites (N-methyl/N-ethyl adjacent to an activating group) is 4. The van der Waals surface area contributed by atoms with Crippen molar-refractivity contribution in [1.29, 1.82) is 0 Å². The van der Waals surface area contributed by atoms with Crippen molar-refractivity contribution in [1.82, 2.24) is 19.6 Å². The lowest BCUT2D eigenvalue weighted by molar-refractivity contribution is -0.171. The molecule has 1 aliphatic rings. The van der Waals surface area contributed by atoms with E-state index in [2.05, 4.69) is 6.58 Å². The van der Waals surface area contributed by atoms with E-state index >= 15 is 0 Å². The minimum absolute atomic E-state index is 0.0136. The number of esters is 4. The SMILES string of the molecule is C=C1C(C)OC(=O)C(CC(C)C)N(C)C(=O)C(Cc2ccc(C)cc2)OC(=O)C(CC(C)C)N(C)CC(C)OC(=O)C(CC(C)C)N(C)C(=O)C(Cc2ccc(C)cc2)OC(=O)C(CC(C)C)N1C. The number of hydrogen-bond acceptors (Lipinski definition) is 12. The standard InChI is InChI=1S/C55H84N4O10/c1-33(2)26-44-52(62)68-48(30-42-22-18-37(9)19-23-42)50(60)59(17)47(29-36(7)8)54(64)67-41(13)40(12)57(15)45(27-34(3)4)55(65)69-49(31-43-24-20-38(10)21-25-43)51(61)58(16)46(28-35(5)6)53(63)66-39(11)32-56(44)14/h18-25,33-36,39,41,44-49H,12,26-32H2,1-11,13-17H3. The van der Waals surface area contributed by atoms with Gasteiger partial charge in [0.15, 0.2) is 12.2 Å². The van der Waals surface area contributed by atoms with Crippen LogP contribution >= 0.6 is 0 Å². The van der Waals surface area contributed by atoms with Gasteiger partial charge in [0.1, 0.15) is 36.4 Å². The van der Waals surface area contributed by atoms with Gasteiger partial charge in [0, 0.05) is 46.2 Å². The Balaban J connectivity index is 2.23. The first-order chi connectivity index (χ1) is 32.2. The van der Waals surface area contributed by atoms with Crippen LogP contribution < -0.4 is 0 Å². The third-order valence-electron chi connectivity index (χ3n) is 12.7. The molecule has 14 nitrogen and oxygen atoms in total. The van der Waals surface area contributed by atoms with E-state index in [1.54, 1.807) is 37.7 Å². The summed E-state index contributed by atoms with van der Waals surface area (Å²) in [5.74, 6) is -3.88. The molecule has 2 aromatic rings. The third kappa shape index (κ3) is 17.6. The van der Waals surface area contributed by atoms with Gasteiger partial charge in [0.25, 0.3) is 11.8 Å². The number of nitrogens with zero attached hydrogens (tertiary/aromatic N) is 4. The quantitative estimate of drug-likeness (QED) is 0.151. The van der Waals surface area contributed by atoms with Gasteiger partial charge in [-0.15, -0.1) is 0 Å². The molecule has 0 saturated carbocycles. The lowest BCUT2D eigenvalue weighted by Gasteiger charge is -2.36. The van der Waals surface area contributed by atoms with Gasteiger partial charge < -0.3 is 33.6 Å². The van der Waals surface area contributed by atoms with Gasteiger partial charge in [0.2, 0.25) is 0 Å². The predicted molar refractivity (Wildman–Crippen MR) is 269 cm³/mol. The molecule has 0 spiro atoms. The monoisotopic (exact) mass is 961 g/mol. The fraction of sp³-hybridized carbons (Fsp3) is 0.636. The Bertz CT molecular complexity index is 2030. The lowest BCUT2D eigenvalue weighted by atomic mass is 9.99. The normalized spacial score (nSPS) is 25.3. The number of carbonyl (C=O) groups excluding carboxylic acids is 6. The zero-order chi connectivity index (χ0) is 52.0. The van der Waals surface area contributed by atoms with Gasteiger partial charge in [-0.05, 0) is 95.2 Å². The van der Waals surface area contributed by atoms with Crippen LogP contribution in [0.25, 0.3) is 0 Å². The maximum absolute atomic E-state index is 14.8. The summed E-state index contributed by atoms with van der Waals surface area (Å²) in [6.45, 7) is 27.3. The molecule has 1 saturated heterocycles. The molecule has 0 bridgehead atoms. The van der Waals surface area contributed by atoms with E-state index in [9.17, 15) is 28.8 Å². The van der Waals surface area contributed by atoms with Crippen molar-refractivity contribution in [3.8, 4) is 0 Å². The van der Waals surface area contributed by atoms with Crippen molar-refractivity contribution < 1.29 is 47.7 Å². The number of amides is 2. The molecule has 1 heterocycles. The molecule has 1 aliphatic heterocycles. The number of rotatable bonds is 12. The van der Waals surface area contributed by atoms with Crippen molar-refractivity contribution in [2.45, 2.75) is 170 Å². The minimum Gasteiger partial charge on any atom is -0.460 e. The third-order valence-corrected chi connectivity index (χ3v) is 12.7. The van der Waals surface area contributed by atoms with Crippen LogP contribution in [0.15, 0.2) is 60.8 Å². The summed E-state index contributed by atoms with van der Waals surface area (Å²) in [6.07, 6.45) is -3.11. The van der Waals surface area contributed by atoms with Gasteiger partial charge >= 0.3 is 23.9 Å². The first-order valence-electron chi connectivity index (χ1n) is 24.8. The zero-order valence-corrected chi connectivity index (χ0v) is 44.6. The van der Waals surface area contributed by atoms with Crippen LogP contribution in [0.3, 0.4) is 0 Å². The summed E-state index contributed by atoms with van der Waals surface area (Å²) in [7, 11) is 6.45. The van der Waals surface area contributed by atoms with Crippen molar-refractivity contribution in [2.75, 3.05) is 34.7 Å². The molecule has 384 valence electrons. The van der Waals surface area contributed by atoms with E-state index in [0.717, 1.165) is 22.3 Å². The van der Waals surface area contributed by atoms with E-state index in [1.165, 1.54) is 23.9 Å². The molecule has 69 heavy (non-hydrogen) atoms. The number of hydrogen-bond donors (Lipinski definition) is 0. The zero-order valence-electron chi connectivity index (χ0n) is 44.6. The van der Waals surface area contributed by atoms with Crippen LogP contribution in [0.2, 0.25) is 0 Å². The summed E-state index contributed by atoms with van der Waals surface area (Å²) in [5.41, 5.74) is 3.83. The second-order valence-electron chi connectivity index (χ2n) is 21.1. The van der Waals surface area contributed by atoms with Crippen molar-refractivity contribution >= 4 is 35.7 Å². The molecule has 8 unspecified atom stereocenters. The fourth-order valence-electron chi connectivity index (χ4n) is 8.57. The van der Waals surface area contributed by atoms with E-state index in [4.69, 9.17) is 18.9 Å². The summed E-state index contributed by atoms with van der Waals surface area (Å²) in [4.78, 5) is 93.3. The Hall–Kier alpha value is -5.24. The molecule has 0 N–H and O–H groups in total. The van der Waals surface area contributed by atoms with Crippen LogP contribution in [0.4, 0.5) is 0 Å². The Morgan fingerprint density at radius 3 is 1.19 bits per heavy atom. The van der Waals surface area contributed by atoms with Gasteiger partial charge in [-0.1, -0.05) is 122 Å². The highest BCUT2D eigenvalue weighted by atomic mass is 16.6. The number of ether oxygens (including phenoxy) is 4. The smallest absolute Gasteiger partial charge is 0.329 e. The van der Waals surface area contributed by atoms with E-state index in [1.807, 2.05) is 118 Å². The Labute approximate surface area is 413 Å². The Kier molecular flexibility index (Phi) is 22.4. The molecule has 0 radical (unpaired) electrons. The number of cyclic esters (lactones) is 4. The van der Waals surface area contributed by atoms with Crippen LogP contribution in [0.1, 0.15) is 117 Å². The molecule has 2 aromatic carbocycles. The van der Waals surface area contributed by atoms with Gasteiger partial charge in [-0.2, -0.15) is 0 Å². The highest BCUT2D eigenvalue weighted by Crippen LogP contribution is 2.25. The van der Waals surface area contributed by atoms with E-state index < -0.39 is 84.3 Å². The van der Waals surface area contributed by atoms with Crippen LogP contribution in [0.5, 0.6) is 0 Å². The number of benzene rings is 2.